The molecule has 1 N–H and O–H groups in total. The Hall–Kier alpha value is -2.04. The molecule has 0 unspecified atom stereocenters. The fraction of sp³-hybridized carbons (Fsp3) is 0.400. The van der Waals surface area contributed by atoms with Crippen LogP contribution in [-0.4, -0.2) is 15.9 Å². The van der Waals surface area contributed by atoms with Crippen LogP contribution in [0.4, 0.5) is 4.39 Å². The van der Waals surface area contributed by atoms with E-state index in [9.17, 15) is 4.39 Å². The topological polar surface area (TPSA) is 62.8 Å². The van der Waals surface area contributed by atoms with Crippen molar-refractivity contribution in [3.05, 3.63) is 47.4 Å². The first-order valence-electron chi connectivity index (χ1n) is 6.69. The number of hydrogen-bond donors (Lipinski definition) is 1. The number of benzene rings is 1. The molecule has 0 saturated heterocycles. The zero-order valence-electron chi connectivity index (χ0n) is 11.3. The Morgan fingerprint density at radius 1 is 1.30 bits per heavy atom. The summed E-state index contributed by atoms with van der Waals surface area (Å²) in [5.74, 6) is 0.788. The van der Waals surface area contributed by atoms with Gasteiger partial charge in [0.25, 0.3) is 0 Å². The molecule has 0 bridgehead atoms. The summed E-state index contributed by atoms with van der Waals surface area (Å²) in [5.41, 5.74) is 1.71. The van der Waals surface area contributed by atoms with Crippen molar-refractivity contribution in [1.29, 1.82) is 5.41 Å². The molecule has 1 aromatic carbocycles. The molecule has 0 spiro atoms. The molecule has 20 heavy (non-hydrogen) atoms. The second-order valence-electron chi connectivity index (χ2n) is 5.46. The quantitative estimate of drug-likeness (QED) is 0.851. The Morgan fingerprint density at radius 2 is 2.00 bits per heavy atom. The molecular formula is C15H16FN3O. The molecule has 1 aromatic heterocycles. The number of hydrogen-bond acceptors (Lipinski definition) is 4. The van der Waals surface area contributed by atoms with E-state index >= 15 is 0 Å². The molecule has 4 nitrogen and oxygen atoms in total. The van der Waals surface area contributed by atoms with Gasteiger partial charge in [0, 0.05) is 18.1 Å². The molecule has 0 aliphatic heterocycles. The van der Waals surface area contributed by atoms with Crippen LogP contribution in [0.25, 0.3) is 0 Å². The Morgan fingerprint density at radius 3 is 2.55 bits per heavy atom. The Bertz CT molecular complexity index is 629. The lowest BCUT2D eigenvalue weighted by atomic mass is 9.89. The maximum absolute atomic E-state index is 13.0. The number of aryl methyl sites for hydroxylation is 1. The predicted octanol–water partition coefficient (Wildman–Crippen LogP) is 3.20. The van der Waals surface area contributed by atoms with E-state index in [1.807, 2.05) is 12.1 Å². The molecule has 3 rings (SSSR count). The first-order valence-corrected chi connectivity index (χ1v) is 6.69. The van der Waals surface area contributed by atoms with Crippen LogP contribution in [0, 0.1) is 18.2 Å². The van der Waals surface area contributed by atoms with E-state index in [-0.39, 0.29) is 11.2 Å². The summed E-state index contributed by atoms with van der Waals surface area (Å²) < 4.78 is 18.3. The maximum Gasteiger partial charge on any atom is 0.222 e. The molecular weight excluding hydrogens is 257 g/mol. The highest BCUT2D eigenvalue weighted by atomic mass is 19.1. The molecule has 1 heterocycles. The fourth-order valence-electron chi connectivity index (χ4n) is 2.58. The van der Waals surface area contributed by atoms with Crippen LogP contribution in [0.5, 0.6) is 0 Å². The van der Waals surface area contributed by atoms with E-state index in [1.165, 1.54) is 12.1 Å². The van der Waals surface area contributed by atoms with Gasteiger partial charge in [0.05, 0.1) is 6.42 Å². The third-order valence-electron chi connectivity index (χ3n) is 3.79. The molecule has 1 fully saturated rings. The summed E-state index contributed by atoms with van der Waals surface area (Å²) in [5, 5.41) is 15.8. The summed E-state index contributed by atoms with van der Waals surface area (Å²) in [6, 6.07) is 6.62. The Balaban J connectivity index is 1.67. The first-order chi connectivity index (χ1) is 9.57. The van der Waals surface area contributed by atoms with Crippen molar-refractivity contribution in [2.45, 2.75) is 38.0 Å². The van der Waals surface area contributed by atoms with Crippen molar-refractivity contribution < 1.29 is 8.81 Å². The molecule has 0 amide bonds. The fourth-order valence-corrected chi connectivity index (χ4v) is 2.58. The van der Waals surface area contributed by atoms with Gasteiger partial charge in [-0.15, -0.1) is 10.2 Å². The van der Waals surface area contributed by atoms with Gasteiger partial charge in [-0.1, -0.05) is 12.1 Å². The minimum Gasteiger partial charge on any atom is -0.425 e. The SMILES string of the molecule is Cc1nnc(CC(=N)CC2(c3ccc(F)cc3)CC2)o1. The van der Waals surface area contributed by atoms with E-state index in [0.29, 0.717) is 30.3 Å². The third-order valence-corrected chi connectivity index (χ3v) is 3.79. The van der Waals surface area contributed by atoms with Gasteiger partial charge in [-0.05, 0) is 37.0 Å². The van der Waals surface area contributed by atoms with Crippen molar-refractivity contribution in [1.82, 2.24) is 10.2 Å². The van der Waals surface area contributed by atoms with Crippen molar-refractivity contribution in [2.75, 3.05) is 0 Å². The van der Waals surface area contributed by atoms with Crippen molar-refractivity contribution in [3.63, 3.8) is 0 Å². The molecule has 2 aromatic rings. The van der Waals surface area contributed by atoms with Gasteiger partial charge in [-0.25, -0.2) is 4.39 Å². The predicted molar refractivity (Wildman–Crippen MR) is 72.4 cm³/mol. The van der Waals surface area contributed by atoms with Gasteiger partial charge in [0.1, 0.15) is 5.82 Å². The van der Waals surface area contributed by atoms with Gasteiger partial charge in [0.2, 0.25) is 11.8 Å². The molecule has 0 radical (unpaired) electrons. The number of rotatable bonds is 5. The zero-order valence-corrected chi connectivity index (χ0v) is 11.3. The van der Waals surface area contributed by atoms with Gasteiger partial charge >= 0.3 is 0 Å². The van der Waals surface area contributed by atoms with Crippen LogP contribution in [0.3, 0.4) is 0 Å². The summed E-state index contributed by atoms with van der Waals surface area (Å²) >= 11 is 0. The minimum absolute atomic E-state index is 0.0137. The average Bonchev–Trinajstić information content (AvgIpc) is 3.06. The Labute approximate surface area is 116 Å². The van der Waals surface area contributed by atoms with Crippen LogP contribution < -0.4 is 0 Å². The zero-order chi connectivity index (χ0) is 14.2. The van der Waals surface area contributed by atoms with Crippen LogP contribution in [-0.2, 0) is 11.8 Å². The minimum atomic E-state index is -0.221. The van der Waals surface area contributed by atoms with Crippen molar-refractivity contribution in [3.8, 4) is 0 Å². The standard InChI is InChI=1S/C15H16FN3O/c1-10-18-19-14(20-10)8-13(17)9-15(6-7-15)11-2-4-12(16)5-3-11/h2-5,17H,6-9H2,1H3. The smallest absolute Gasteiger partial charge is 0.222 e. The van der Waals surface area contributed by atoms with E-state index in [4.69, 9.17) is 9.83 Å². The second-order valence-corrected chi connectivity index (χ2v) is 5.46. The lowest BCUT2D eigenvalue weighted by Gasteiger charge is -2.15. The van der Waals surface area contributed by atoms with Gasteiger partial charge in [-0.3, -0.25) is 0 Å². The lowest BCUT2D eigenvalue weighted by molar-refractivity contribution is 0.480. The monoisotopic (exact) mass is 273 g/mol. The normalized spacial score (nSPS) is 16.1. The number of halogens is 1. The first kappa shape index (κ1) is 13.0. The molecule has 1 saturated carbocycles. The van der Waals surface area contributed by atoms with Crippen LogP contribution in [0.15, 0.2) is 28.7 Å². The summed E-state index contributed by atoms with van der Waals surface area (Å²) in [7, 11) is 0. The highest BCUT2D eigenvalue weighted by Gasteiger charge is 2.44. The highest BCUT2D eigenvalue weighted by Crippen LogP contribution is 2.51. The highest BCUT2D eigenvalue weighted by molar-refractivity contribution is 5.84. The van der Waals surface area contributed by atoms with Crippen LogP contribution in [0.1, 0.15) is 36.6 Å². The molecule has 104 valence electrons. The molecule has 0 atom stereocenters. The summed E-state index contributed by atoms with van der Waals surface area (Å²) in [6.45, 7) is 1.74. The number of nitrogens with one attached hydrogen (secondary N) is 1. The van der Waals surface area contributed by atoms with Crippen molar-refractivity contribution >= 4 is 5.71 Å². The van der Waals surface area contributed by atoms with Crippen LogP contribution in [0.2, 0.25) is 0 Å². The van der Waals surface area contributed by atoms with Gasteiger partial charge in [-0.2, -0.15) is 0 Å². The third kappa shape index (κ3) is 2.61. The largest absolute Gasteiger partial charge is 0.425 e. The van der Waals surface area contributed by atoms with Gasteiger partial charge < -0.3 is 9.83 Å². The van der Waals surface area contributed by atoms with Crippen molar-refractivity contribution in [2.24, 2.45) is 0 Å². The van der Waals surface area contributed by atoms with Gasteiger partial charge in [0.15, 0.2) is 0 Å². The molecule has 1 aliphatic rings. The molecule has 5 heteroatoms. The van der Waals surface area contributed by atoms with Crippen LogP contribution >= 0.6 is 0 Å². The Kier molecular flexibility index (Phi) is 3.12. The molecule has 1 aliphatic carbocycles. The second kappa shape index (κ2) is 4.81. The number of nitrogens with zero attached hydrogens (tertiary/aromatic N) is 2. The van der Waals surface area contributed by atoms with E-state index in [2.05, 4.69) is 10.2 Å². The average molecular weight is 273 g/mol. The summed E-state index contributed by atoms with van der Waals surface area (Å²) in [4.78, 5) is 0. The summed E-state index contributed by atoms with van der Waals surface area (Å²) in [6.07, 6.45) is 3.15. The number of aromatic nitrogens is 2. The maximum atomic E-state index is 13.0. The van der Waals surface area contributed by atoms with E-state index in [1.54, 1.807) is 6.92 Å². The lowest BCUT2D eigenvalue weighted by Crippen LogP contribution is -2.15. The van der Waals surface area contributed by atoms with E-state index < -0.39 is 0 Å². The van der Waals surface area contributed by atoms with E-state index in [0.717, 1.165) is 18.4 Å².